The van der Waals surface area contributed by atoms with E-state index >= 15 is 0 Å². The van der Waals surface area contributed by atoms with Crippen molar-refractivity contribution in [2.24, 2.45) is 0 Å². The second-order valence-electron chi connectivity index (χ2n) is 4.23. The summed E-state index contributed by atoms with van der Waals surface area (Å²) in [7, 11) is 0. The number of carbonyl (C=O) groups excluding carboxylic acids is 1. The third kappa shape index (κ3) is 2.11. The lowest BCUT2D eigenvalue weighted by molar-refractivity contribution is -0.133. The molecule has 2 aliphatic rings. The van der Waals surface area contributed by atoms with Crippen LogP contribution in [0.4, 0.5) is 0 Å². The lowest BCUT2D eigenvalue weighted by Gasteiger charge is -2.09. The van der Waals surface area contributed by atoms with E-state index in [0.29, 0.717) is 0 Å². The number of allylic oxidation sites excluding steroid dienone is 1. The first-order valence-electron chi connectivity index (χ1n) is 5.64. The molecule has 0 radical (unpaired) electrons. The van der Waals surface area contributed by atoms with E-state index < -0.39 is 0 Å². The lowest BCUT2D eigenvalue weighted by Crippen LogP contribution is -2.01. The zero-order chi connectivity index (χ0) is 11.8. The second kappa shape index (κ2) is 4.42. The number of hydrogen-bond acceptors (Lipinski definition) is 3. The van der Waals surface area contributed by atoms with E-state index in [-0.39, 0.29) is 5.97 Å². The van der Waals surface area contributed by atoms with Crippen LogP contribution >= 0.6 is 27.3 Å². The van der Waals surface area contributed by atoms with Gasteiger partial charge in [0.2, 0.25) is 0 Å². The highest BCUT2D eigenvalue weighted by molar-refractivity contribution is 9.10. The van der Waals surface area contributed by atoms with Gasteiger partial charge < -0.3 is 4.74 Å². The van der Waals surface area contributed by atoms with Gasteiger partial charge in [0.25, 0.3) is 0 Å². The molecule has 1 aliphatic heterocycles. The molecule has 0 saturated carbocycles. The molecular formula is C13H11BrO2S. The van der Waals surface area contributed by atoms with Crippen molar-refractivity contribution in [2.45, 2.75) is 25.7 Å². The molecule has 2 nitrogen and oxygen atoms in total. The van der Waals surface area contributed by atoms with Crippen molar-refractivity contribution in [3.05, 3.63) is 37.7 Å². The van der Waals surface area contributed by atoms with Crippen LogP contribution in [0.15, 0.2) is 32.8 Å². The van der Waals surface area contributed by atoms with E-state index in [0.717, 1.165) is 51.9 Å². The van der Waals surface area contributed by atoms with Gasteiger partial charge in [0.1, 0.15) is 5.76 Å². The maximum atomic E-state index is 11.7. The zero-order valence-corrected chi connectivity index (χ0v) is 11.6. The number of esters is 1. The minimum absolute atomic E-state index is 0.137. The molecular weight excluding hydrogens is 300 g/mol. The topological polar surface area (TPSA) is 26.3 Å². The summed E-state index contributed by atoms with van der Waals surface area (Å²) in [6, 6.07) is 2.03. The Kier molecular flexibility index (Phi) is 2.92. The number of hydrogen-bond donors (Lipinski definition) is 0. The number of thiophene rings is 1. The molecule has 0 unspecified atom stereocenters. The smallest absolute Gasteiger partial charge is 0.339 e. The molecule has 0 amide bonds. The van der Waals surface area contributed by atoms with Gasteiger partial charge in [-0.3, -0.25) is 0 Å². The molecule has 0 fully saturated rings. The van der Waals surface area contributed by atoms with Gasteiger partial charge in [-0.25, -0.2) is 4.79 Å². The molecule has 1 aromatic heterocycles. The Morgan fingerprint density at radius 1 is 1.29 bits per heavy atom. The maximum Gasteiger partial charge on any atom is 0.339 e. The monoisotopic (exact) mass is 310 g/mol. The highest BCUT2D eigenvalue weighted by atomic mass is 79.9. The van der Waals surface area contributed by atoms with E-state index in [2.05, 4.69) is 15.9 Å². The molecule has 0 N–H and O–H groups in total. The summed E-state index contributed by atoms with van der Waals surface area (Å²) >= 11 is 5.06. The molecule has 0 bridgehead atoms. The van der Waals surface area contributed by atoms with Crippen molar-refractivity contribution < 1.29 is 9.53 Å². The maximum absolute atomic E-state index is 11.7. The van der Waals surface area contributed by atoms with Crippen LogP contribution in [0.2, 0.25) is 0 Å². The van der Waals surface area contributed by atoms with Gasteiger partial charge in [0.15, 0.2) is 0 Å². The Bertz CT molecular complexity index is 539. The number of carbonyl (C=O) groups is 1. The zero-order valence-electron chi connectivity index (χ0n) is 9.16. The third-order valence-corrected chi connectivity index (χ3v) is 4.72. The van der Waals surface area contributed by atoms with Gasteiger partial charge in [-0.15, -0.1) is 11.3 Å². The van der Waals surface area contributed by atoms with Crippen molar-refractivity contribution in [2.75, 3.05) is 0 Å². The first-order valence-corrected chi connectivity index (χ1v) is 7.31. The summed E-state index contributed by atoms with van der Waals surface area (Å²) in [6.07, 6.45) is 6.08. The summed E-state index contributed by atoms with van der Waals surface area (Å²) in [5.41, 5.74) is 2.03. The minimum Gasteiger partial charge on any atom is -0.423 e. The van der Waals surface area contributed by atoms with Gasteiger partial charge in [-0.2, -0.15) is 0 Å². The van der Waals surface area contributed by atoms with Crippen molar-refractivity contribution in [1.82, 2.24) is 0 Å². The van der Waals surface area contributed by atoms with Gasteiger partial charge in [0.05, 0.1) is 0 Å². The van der Waals surface area contributed by atoms with E-state index in [1.807, 2.05) is 17.5 Å². The molecule has 88 valence electrons. The summed E-state index contributed by atoms with van der Waals surface area (Å²) in [5.74, 6) is 0.626. The average Bonchev–Trinajstić information content (AvgIpc) is 2.86. The first-order chi connectivity index (χ1) is 8.24. The van der Waals surface area contributed by atoms with Crippen molar-refractivity contribution >= 4 is 39.3 Å². The number of cyclic esters (lactones) is 1. The van der Waals surface area contributed by atoms with Crippen LogP contribution in [0.25, 0.3) is 6.08 Å². The quantitative estimate of drug-likeness (QED) is 0.724. The normalized spacial score (nSPS) is 21.9. The molecule has 0 saturated heterocycles. The predicted octanol–water partition coefficient (Wildman–Crippen LogP) is 4.28. The minimum atomic E-state index is -0.137. The van der Waals surface area contributed by atoms with Crippen molar-refractivity contribution in [3.63, 3.8) is 0 Å². The van der Waals surface area contributed by atoms with E-state index in [4.69, 9.17) is 4.74 Å². The van der Waals surface area contributed by atoms with Gasteiger partial charge in [0, 0.05) is 25.9 Å². The van der Waals surface area contributed by atoms with Crippen LogP contribution in [0.1, 0.15) is 30.6 Å². The Labute approximate surface area is 112 Å². The molecule has 0 aromatic carbocycles. The SMILES string of the molecule is O=C1OC(=Cc2cc(Br)cs2)C2=C1CCCC2. The van der Waals surface area contributed by atoms with E-state index in [1.54, 1.807) is 11.3 Å². The Balaban J connectivity index is 1.97. The highest BCUT2D eigenvalue weighted by Gasteiger charge is 2.31. The molecule has 2 heterocycles. The van der Waals surface area contributed by atoms with Crippen LogP contribution in [0.5, 0.6) is 0 Å². The van der Waals surface area contributed by atoms with Crippen LogP contribution in [-0.4, -0.2) is 5.97 Å². The average molecular weight is 311 g/mol. The Morgan fingerprint density at radius 2 is 2.06 bits per heavy atom. The predicted molar refractivity (Wildman–Crippen MR) is 71.6 cm³/mol. The first kappa shape index (κ1) is 11.2. The Hall–Kier alpha value is -0.870. The van der Waals surface area contributed by atoms with Crippen molar-refractivity contribution in [1.29, 1.82) is 0 Å². The molecule has 0 atom stereocenters. The van der Waals surface area contributed by atoms with Gasteiger partial charge in [-0.05, 0) is 53.8 Å². The number of rotatable bonds is 1. The fourth-order valence-corrected chi connectivity index (χ4v) is 3.64. The van der Waals surface area contributed by atoms with Crippen LogP contribution in [0.3, 0.4) is 0 Å². The largest absolute Gasteiger partial charge is 0.423 e. The van der Waals surface area contributed by atoms with Crippen molar-refractivity contribution in [3.8, 4) is 0 Å². The van der Waals surface area contributed by atoms with Crippen LogP contribution in [0, 0.1) is 0 Å². The van der Waals surface area contributed by atoms with E-state index in [9.17, 15) is 4.79 Å². The standard InChI is InChI=1S/C13H11BrO2S/c14-8-5-9(17-7-8)6-12-10-3-1-2-4-11(10)13(15)16-12/h5-7H,1-4H2. The summed E-state index contributed by atoms with van der Waals surface area (Å²) in [4.78, 5) is 12.8. The van der Waals surface area contributed by atoms with Gasteiger partial charge in [-0.1, -0.05) is 0 Å². The molecule has 0 spiro atoms. The molecule has 1 aromatic rings. The summed E-state index contributed by atoms with van der Waals surface area (Å²) in [6.45, 7) is 0. The van der Waals surface area contributed by atoms with Crippen LogP contribution < -0.4 is 0 Å². The number of halogens is 1. The molecule has 3 rings (SSSR count). The second-order valence-corrected chi connectivity index (χ2v) is 6.09. The fourth-order valence-electron chi connectivity index (χ4n) is 2.28. The van der Waals surface area contributed by atoms with Crippen LogP contribution in [-0.2, 0) is 9.53 Å². The summed E-state index contributed by atoms with van der Waals surface area (Å²) in [5, 5.41) is 2.03. The fraction of sp³-hybridized carbons (Fsp3) is 0.308. The molecule has 4 heteroatoms. The number of ether oxygens (including phenoxy) is 1. The molecule has 1 aliphatic carbocycles. The lowest BCUT2D eigenvalue weighted by atomic mass is 9.92. The third-order valence-electron chi connectivity index (χ3n) is 3.08. The van der Waals surface area contributed by atoms with Gasteiger partial charge >= 0.3 is 5.97 Å². The summed E-state index contributed by atoms with van der Waals surface area (Å²) < 4.78 is 6.43. The highest BCUT2D eigenvalue weighted by Crippen LogP contribution is 2.38. The molecule has 17 heavy (non-hydrogen) atoms. The van der Waals surface area contributed by atoms with E-state index in [1.165, 1.54) is 0 Å². The Morgan fingerprint density at radius 3 is 2.76 bits per heavy atom.